The third-order valence-electron chi connectivity index (χ3n) is 2.68. The van der Waals surface area contributed by atoms with Crippen molar-refractivity contribution < 1.29 is 26.7 Å². The van der Waals surface area contributed by atoms with Gasteiger partial charge in [0.25, 0.3) is 0 Å². The number of carbonyl (C=O) groups is 1. The smallest absolute Gasteiger partial charge is 0.333 e. The summed E-state index contributed by atoms with van der Waals surface area (Å²) in [4.78, 5) is 15.7. The van der Waals surface area contributed by atoms with Crippen molar-refractivity contribution in [2.75, 3.05) is 7.05 Å². The van der Waals surface area contributed by atoms with Gasteiger partial charge < -0.3 is 4.90 Å². The van der Waals surface area contributed by atoms with Crippen molar-refractivity contribution in [1.29, 1.82) is 0 Å². The zero-order chi connectivity index (χ0) is 15.8. The summed E-state index contributed by atoms with van der Waals surface area (Å²) in [5.41, 5.74) is 0.598. The molecule has 0 N–H and O–H groups in total. The fourth-order valence-electron chi connectivity index (χ4n) is 1.62. The molecule has 0 saturated carbocycles. The number of carbonyl (C=O) groups excluding carboxylic acids is 1. The van der Waals surface area contributed by atoms with E-state index in [-0.39, 0.29) is 5.01 Å². The Morgan fingerprint density at radius 2 is 1.86 bits per heavy atom. The molecular formula is C12H9F5N2OS. The van der Waals surface area contributed by atoms with Gasteiger partial charge in [-0.05, 0) is 12.1 Å². The van der Waals surface area contributed by atoms with Gasteiger partial charge >= 0.3 is 18.0 Å². The number of hydrogen-bond acceptors (Lipinski definition) is 3. The minimum atomic E-state index is -5.91. The summed E-state index contributed by atoms with van der Waals surface area (Å²) < 4.78 is 63.1. The lowest BCUT2D eigenvalue weighted by Gasteiger charge is -2.24. The van der Waals surface area contributed by atoms with E-state index in [2.05, 4.69) is 4.98 Å². The van der Waals surface area contributed by atoms with Gasteiger partial charge in [-0.1, -0.05) is 12.1 Å². The van der Waals surface area contributed by atoms with Gasteiger partial charge in [0.2, 0.25) is 0 Å². The van der Waals surface area contributed by atoms with E-state index >= 15 is 0 Å². The molecule has 3 nitrogen and oxygen atoms in total. The Kier molecular flexibility index (Phi) is 3.87. The molecule has 1 aromatic carbocycles. The van der Waals surface area contributed by atoms with Gasteiger partial charge in [-0.25, -0.2) is 4.98 Å². The number of alkyl halides is 5. The Morgan fingerprint density at radius 1 is 1.24 bits per heavy atom. The molecule has 1 heterocycles. The first-order valence-corrected chi connectivity index (χ1v) is 6.49. The quantitative estimate of drug-likeness (QED) is 0.810. The van der Waals surface area contributed by atoms with Gasteiger partial charge in [0, 0.05) is 7.05 Å². The second-order valence-electron chi connectivity index (χ2n) is 4.31. The molecule has 1 amide bonds. The van der Waals surface area contributed by atoms with Gasteiger partial charge in [0.15, 0.2) is 0 Å². The number of aromatic nitrogens is 1. The Balaban J connectivity index is 2.17. The van der Waals surface area contributed by atoms with Crippen LogP contribution in [0.4, 0.5) is 22.0 Å². The highest BCUT2D eigenvalue weighted by atomic mass is 32.1. The maximum atomic E-state index is 12.9. The van der Waals surface area contributed by atoms with Crippen LogP contribution in [-0.2, 0) is 11.3 Å². The number of rotatable bonds is 3. The zero-order valence-corrected chi connectivity index (χ0v) is 11.4. The highest BCUT2D eigenvalue weighted by molar-refractivity contribution is 7.18. The molecule has 0 radical (unpaired) electrons. The standard InChI is InChI=1S/C12H9F5N2OS/c1-19(10(20)11(13,14)12(15,16)17)6-9-18-7-4-2-3-5-8(7)21-9/h2-5H,6H2,1H3. The van der Waals surface area contributed by atoms with Gasteiger partial charge in [-0.2, -0.15) is 22.0 Å². The van der Waals surface area contributed by atoms with E-state index in [0.717, 1.165) is 23.1 Å². The van der Waals surface area contributed by atoms with Crippen LogP contribution in [0.1, 0.15) is 5.01 Å². The summed E-state index contributed by atoms with van der Waals surface area (Å²) in [5.74, 6) is -7.70. The number of halogens is 5. The topological polar surface area (TPSA) is 33.2 Å². The van der Waals surface area contributed by atoms with Gasteiger partial charge in [0.05, 0.1) is 16.8 Å². The van der Waals surface area contributed by atoms with Crippen LogP contribution in [0.5, 0.6) is 0 Å². The average molecular weight is 324 g/mol. The lowest BCUT2D eigenvalue weighted by atomic mass is 10.3. The van der Waals surface area contributed by atoms with Crippen molar-refractivity contribution in [1.82, 2.24) is 9.88 Å². The number of hydrogen-bond donors (Lipinski definition) is 0. The second-order valence-corrected chi connectivity index (χ2v) is 5.42. The summed E-state index contributed by atoms with van der Waals surface area (Å²) in [7, 11) is 0.883. The molecule has 2 aromatic rings. The molecule has 1 aromatic heterocycles. The first-order chi connectivity index (χ1) is 9.63. The number of thiazole rings is 1. The molecule has 0 aliphatic heterocycles. The number of para-hydroxylation sites is 1. The minimum absolute atomic E-state index is 0.282. The highest BCUT2D eigenvalue weighted by Crippen LogP contribution is 2.37. The largest absolute Gasteiger partial charge is 0.463 e. The van der Waals surface area contributed by atoms with E-state index in [0.29, 0.717) is 10.4 Å². The monoisotopic (exact) mass is 324 g/mol. The summed E-state index contributed by atoms with van der Waals surface area (Å²) in [6.07, 6.45) is -5.91. The molecule has 114 valence electrons. The number of amides is 1. The molecule has 0 aliphatic rings. The van der Waals surface area contributed by atoms with E-state index in [1.807, 2.05) is 0 Å². The Bertz CT molecular complexity index is 634. The Morgan fingerprint density at radius 3 is 2.43 bits per heavy atom. The minimum Gasteiger partial charge on any atom is -0.333 e. The summed E-state index contributed by atoms with van der Waals surface area (Å²) in [5, 5.41) is 0.282. The predicted molar refractivity (Wildman–Crippen MR) is 67.1 cm³/mol. The van der Waals surface area contributed by atoms with Crippen LogP contribution in [0.15, 0.2) is 24.3 Å². The van der Waals surface area contributed by atoms with E-state index in [1.165, 1.54) is 0 Å². The molecule has 2 rings (SSSR count). The van der Waals surface area contributed by atoms with Crippen molar-refractivity contribution in [2.24, 2.45) is 0 Å². The van der Waals surface area contributed by atoms with Crippen molar-refractivity contribution in [3.8, 4) is 0 Å². The first-order valence-electron chi connectivity index (χ1n) is 5.67. The third-order valence-corrected chi connectivity index (χ3v) is 3.70. The van der Waals surface area contributed by atoms with E-state index in [4.69, 9.17) is 0 Å². The van der Waals surface area contributed by atoms with Gasteiger partial charge in [-0.15, -0.1) is 11.3 Å². The predicted octanol–water partition coefficient (Wildman–Crippen LogP) is 3.45. The van der Waals surface area contributed by atoms with Crippen LogP contribution in [0, 0.1) is 0 Å². The number of benzene rings is 1. The molecule has 0 saturated heterocycles. The normalized spacial score (nSPS) is 12.7. The molecule has 21 heavy (non-hydrogen) atoms. The van der Waals surface area contributed by atoms with Crippen LogP contribution < -0.4 is 0 Å². The summed E-state index contributed by atoms with van der Waals surface area (Å²) in [6.45, 7) is -0.413. The van der Waals surface area contributed by atoms with E-state index in [1.54, 1.807) is 24.3 Å². The molecule has 0 fully saturated rings. The lowest BCUT2D eigenvalue weighted by molar-refractivity contribution is -0.274. The molecule has 0 aliphatic carbocycles. The van der Waals surface area contributed by atoms with Gasteiger partial charge in [-0.3, -0.25) is 4.79 Å². The van der Waals surface area contributed by atoms with Crippen molar-refractivity contribution in [3.63, 3.8) is 0 Å². The van der Waals surface area contributed by atoms with Crippen molar-refractivity contribution >= 4 is 27.5 Å². The average Bonchev–Trinajstić information content (AvgIpc) is 2.78. The Hall–Kier alpha value is -1.77. The number of nitrogens with zero attached hydrogens (tertiary/aromatic N) is 2. The fraction of sp³-hybridized carbons (Fsp3) is 0.333. The van der Waals surface area contributed by atoms with Crippen LogP contribution in [0.2, 0.25) is 0 Å². The van der Waals surface area contributed by atoms with Crippen LogP contribution >= 0.6 is 11.3 Å². The maximum Gasteiger partial charge on any atom is 0.463 e. The summed E-state index contributed by atoms with van der Waals surface area (Å²) in [6, 6.07) is 6.89. The molecule has 9 heteroatoms. The zero-order valence-electron chi connectivity index (χ0n) is 10.6. The SMILES string of the molecule is CN(Cc1nc2ccccc2s1)C(=O)C(F)(F)C(F)(F)F. The first kappa shape index (κ1) is 15.6. The number of fused-ring (bicyclic) bond motifs is 1. The summed E-state index contributed by atoms with van der Waals surface area (Å²) >= 11 is 1.13. The fourth-order valence-corrected chi connectivity index (χ4v) is 2.64. The highest BCUT2D eigenvalue weighted by Gasteiger charge is 2.64. The molecule has 0 unspecified atom stereocenters. The van der Waals surface area contributed by atoms with E-state index < -0.39 is 24.6 Å². The lowest BCUT2D eigenvalue weighted by Crippen LogP contribution is -2.50. The maximum absolute atomic E-state index is 12.9. The van der Waals surface area contributed by atoms with E-state index in [9.17, 15) is 26.7 Å². The molecule has 0 spiro atoms. The third kappa shape index (κ3) is 2.97. The van der Waals surface area contributed by atoms with Crippen LogP contribution in [0.25, 0.3) is 10.2 Å². The van der Waals surface area contributed by atoms with Crippen LogP contribution in [0.3, 0.4) is 0 Å². The molecule has 0 atom stereocenters. The molecule has 0 bridgehead atoms. The molecular weight excluding hydrogens is 315 g/mol. The Labute approximate surface area is 120 Å². The van der Waals surface area contributed by atoms with Crippen molar-refractivity contribution in [3.05, 3.63) is 29.3 Å². The van der Waals surface area contributed by atoms with Crippen LogP contribution in [-0.4, -0.2) is 34.9 Å². The second kappa shape index (κ2) is 5.21. The van der Waals surface area contributed by atoms with Gasteiger partial charge in [0.1, 0.15) is 5.01 Å². The van der Waals surface area contributed by atoms with Crippen molar-refractivity contribution in [2.45, 2.75) is 18.6 Å².